The van der Waals surface area contributed by atoms with Crippen LogP contribution in [-0.4, -0.2) is 5.97 Å². The molecular weight excluding hydrogens is 192 g/mol. The molecule has 0 aromatic rings. The average Bonchev–Trinajstić information content (AvgIpc) is 1.92. The molecule has 11 heavy (non-hydrogen) atoms. The zero-order valence-electron chi connectivity index (χ0n) is 7.45. The van der Waals surface area contributed by atoms with E-state index in [1.54, 1.807) is 0 Å². The summed E-state index contributed by atoms with van der Waals surface area (Å²) in [6.45, 7) is 6.04. The summed E-state index contributed by atoms with van der Waals surface area (Å²) >= 11 is 0. The Morgan fingerprint density at radius 3 is 2.00 bits per heavy atom. The van der Waals surface area contributed by atoms with Gasteiger partial charge in [0.2, 0.25) is 0 Å². The summed E-state index contributed by atoms with van der Waals surface area (Å²) in [5.74, 6) is -0.932. The van der Waals surface area contributed by atoms with Crippen LogP contribution in [0.25, 0.3) is 0 Å². The van der Waals surface area contributed by atoms with Crippen molar-refractivity contribution in [1.82, 2.24) is 0 Å². The van der Waals surface area contributed by atoms with E-state index in [1.807, 2.05) is 20.8 Å². The molecule has 72 valence electrons. The fraction of sp³-hybridized carbons (Fsp3) is 0.875. The smallest absolute Gasteiger partial charge is 0.550 e. The van der Waals surface area contributed by atoms with Gasteiger partial charge in [0.15, 0.2) is 0 Å². The summed E-state index contributed by atoms with van der Waals surface area (Å²) in [4.78, 5) is 9.76. The van der Waals surface area contributed by atoms with Crippen LogP contribution in [0, 0.1) is 0 Å². The molecule has 0 aliphatic rings. The van der Waals surface area contributed by atoms with Gasteiger partial charge in [-0.25, -0.2) is 0 Å². The maximum absolute atomic E-state index is 9.76. The third kappa shape index (κ3) is 25.6. The summed E-state index contributed by atoms with van der Waals surface area (Å²) in [6.07, 6.45) is 3.04. The van der Waals surface area contributed by atoms with Crippen LogP contribution in [0.4, 0.5) is 0 Å². The molecule has 0 bridgehead atoms. The molecule has 0 saturated carbocycles. The van der Waals surface area contributed by atoms with Crippen LogP contribution < -0.4 is 5.11 Å². The van der Waals surface area contributed by atoms with Crippen LogP contribution in [0.3, 0.4) is 0 Å². The van der Waals surface area contributed by atoms with Crippen LogP contribution in [0.15, 0.2) is 0 Å². The van der Waals surface area contributed by atoms with E-state index < -0.39 is 5.97 Å². The van der Waals surface area contributed by atoms with E-state index in [9.17, 15) is 9.90 Å². The second kappa shape index (κ2) is 16.5. The van der Waals surface area contributed by atoms with E-state index in [1.165, 1.54) is 0 Å². The first-order valence-corrected chi connectivity index (χ1v) is 3.97. The maximum atomic E-state index is 9.76. The van der Waals surface area contributed by atoms with Crippen LogP contribution in [0.1, 0.15) is 46.5 Å². The zero-order chi connectivity index (χ0) is 8.41. The van der Waals surface area contributed by atoms with E-state index in [-0.39, 0.29) is 23.5 Å². The molecule has 0 rings (SSSR count). The molecule has 0 radical (unpaired) electrons. The molecule has 0 aliphatic carbocycles. The molecule has 0 saturated heterocycles. The van der Waals surface area contributed by atoms with Crippen LogP contribution in [-0.2, 0) is 21.9 Å². The second-order valence-electron chi connectivity index (χ2n) is 1.83. The first-order chi connectivity index (χ1) is 4.77. The number of carboxylic acids is 1. The van der Waals surface area contributed by atoms with Crippen molar-refractivity contribution in [3.05, 3.63) is 0 Å². The summed E-state index contributed by atoms with van der Waals surface area (Å²) < 4.78 is 0. The van der Waals surface area contributed by atoms with Gasteiger partial charge >= 0.3 is 17.1 Å². The number of aliphatic carboxylic acids is 1. The Bertz CT molecular complexity index is 74.5. The van der Waals surface area contributed by atoms with Crippen molar-refractivity contribution in [3.63, 3.8) is 0 Å². The molecule has 0 fully saturated rings. The third-order valence-corrected chi connectivity index (χ3v) is 0.984. The molecule has 0 aromatic carbocycles. The van der Waals surface area contributed by atoms with Crippen LogP contribution in [0.5, 0.6) is 0 Å². The van der Waals surface area contributed by atoms with Crippen molar-refractivity contribution in [2.75, 3.05) is 0 Å². The van der Waals surface area contributed by atoms with Gasteiger partial charge in [0.1, 0.15) is 0 Å². The van der Waals surface area contributed by atoms with Crippen LogP contribution >= 0.6 is 0 Å². The van der Waals surface area contributed by atoms with Gasteiger partial charge in [-0.15, -0.1) is 0 Å². The Hall–Kier alpha value is -0.0105. The number of carboxylic acid groups (broad SMARTS) is 1. The van der Waals surface area contributed by atoms with Gasteiger partial charge in [-0.3, -0.25) is 0 Å². The molecule has 0 heterocycles. The fourth-order valence-corrected chi connectivity index (χ4v) is 0.519. The summed E-state index contributed by atoms with van der Waals surface area (Å²) in [5, 5.41) is 9.76. The normalized spacial score (nSPS) is 7.18. The first kappa shape index (κ1) is 17.2. The van der Waals surface area contributed by atoms with Crippen molar-refractivity contribution in [1.29, 1.82) is 0 Å². The SMILES string of the molecule is CC.CCCCCC(=O)[O-].[Cu+]. The number of hydrogen-bond acceptors (Lipinski definition) is 2. The minimum atomic E-state index is -0.932. The van der Waals surface area contributed by atoms with Gasteiger partial charge in [0, 0.05) is 5.97 Å². The van der Waals surface area contributed by atoms with Crippen molar-refractivity contribution in [2.45, 2.75) is 46.5 Å². The number of carbonyl (C=O) groups excluding carboxylic acids is 1. The van der Waals surface area contributed by atoms with E-state index in [0.717, 1.165) is 19.3 Å². The maximum Gasteiger partial charge on any atom is 1.00 e. The largest absolute Gasteiger partial charge is 1.00 e. The summed E-state index contributed by atoms with van der Waals surface area (Å²) in [7, 11) is 0. The molecule has 0 spiro atoms. The third-order valence-electron chi connectivity index (χ3n) is 0.984. The minimum absolute atomic E-state index is 0. The van der Waals surface area contributed by atoms with E-state index in [2.05, 4.69) is 0 Å². The fourth-order valence-electron chi connectivity index (χ4n) is 0.519. The van der Waals surface area contributed by atoms with Crippen molar-refractivity contribution in [2.24, 2.45) is 0 Å². The number of rotatable bonds is 4. The Balaban J connectivity index is -0.000000196. The summed E-state index contributed by atoms with van der Waals surface area (Å²) in [5.41, 5.74) is 0. The predicted octanol–water partition coefficient (Wildman–Crippen LogP) is 1.34. The Labute approximate surface area is 79.9 Å². The minimum Gasteiger partial charge on any atom is -0.550 e. The molecule has 3 heteroatoms. The average molecular weight is 209 g/mol. The molecule has 0 unspecified atom stereocenters. The standard InChI is InChI=1S/C6H12O2.C2H6.Cu/c1-2-3-4-5-6(7)8;1-2;/h2-5H2,1H3,(H,7,8);1-2H3;/q;;+1/p-1. The number of carbonyl (C=O) groups is 1. The van der Waals surface area contributed by atoms with Crippen molar-refractivity contribution < 1.29 is 27.0 Å². The van der Waals surface area contributed by atoms with Gasteiger partial charge in [-0.1, -0.05) is 33.6 Å². The molecular formula is C8H17CuO2. The molecule has 0 aliphatic heterocycles. The second-order valence-corrected chi connectivity index (χ2v) is 1.83. The molecule has 0 amide bonds. The Morgan fingerprint density at radius 1 is 1.27 bits per heavy atom. The van der Waals surface area contributed by atoms with Crippen molar-refractivity contribution in [3.8, 4) is 0 Å². The first-order valence-electron chi connectivity index (χ1n) is 3.97. The van der Waals surface area contributed by atoms with E-state index in [0.29, 0.717) is 0 Å². The van der Waals surface area contributed by atoms with Gasteiger partial charge in [0.05, 0.1) is 0 Å². The van der Waals surface area contributed by atoms with E-state index in [4.69, 9.17) is 0 Å². The molecule has 0 N–H and O–H groups in total. The summed E-state index contributed by atoms with van der Waals surface area (Å²) in [6, 6.07) is 0. The Kier molecular flexibility index (Phi) is 25.8. The quantitative estimate of drug-likeness (QED) is 0.517. The van der Waals surface area contributed by atoms with Gasteiger partial charge in [0.25, 0.3) is 0 Å². The van der Waals surface area contributed by atoms with Crippen molar-refractivity contribution >= 4 is 5.97 Å². The topological polar surface area (TPSA) is 40.1 Å². The monoisotopic (exact) mass is 208 g/mol. The van der Waals surface area contributed by atoms with E-state index >= 15 is 0 Å². The molecule has 0 aromatic heterocycles. The Morgan fingerprint density at radius 2 is 1.73 bits per heavy atom. The number of unbranched alkanes of at least 4 members (excludes halogenated alkanes) is 2. The van der Waals surface area contributed by atoms with Gasteiger partial charge in [-0.2, -0.15) is 0 Å². The molecule has 2 nitrogen and oxygen atoms in total. The number of hydrogen-bond donors (Lipinski definition) is 0. The van der Waals surface area contributed by atoms with Crippen LogP contribution in [0.2, 0.25) is 0 Å². The van der Waals surface area contributed by atoms with Gasteiger partial charge < -0.3 is 9.90 Å². The zero-order valence-corrected chi connectivity index (χ0v) is 8.39. The van der Waals surface area contributed by atoms with Gasteiger partial charge in [-0.05, 0) is 12.8 Å². The molecule has 0 atom stereocenters. The predicted molar refractivity (Wildman–Crippen MR) is 40.5 cm³/mol.